The molecule has 1 rings (SSSR count). The van der Waals surface area contributed by atoms with Crippen LogP contribution in [0.1, 0.15) is 23.8 Å². The van der Waals surface area contributed by atoms with E-state index >= 15 is 0 Å². The van der Waals surface area contributed by atoms with Gasteiger partial charge in [-0.2, -0.15) is 0 Å². The number of aromatic nitrogens is 1. The fraction of sp³-hybridized carbons (Fsp3) is 0.444. The number of nitrogens with one attached hydrogen (secondary N) is 2. The topological polar surface area (TPSA) is 97.1 Å². The van der Waals surface area contributed by atoms with Crippen LogP contribution in [0.25, 0.3) is 0 Å². The fourth-order valence-electron chi connectivity index (χ4n) is 0.970. The quantitative estimate of drug-likeness (QED) is 0.676. The Bertz CT molecular complexity index is 377. The molecule has 0 fully saturated rings. The zero-order valence-electron chi connectivity index (χ0n) is 8.95. The van der Waals surface area contributed by atoms with Gasteiger partial charge in [0.2, 0.25) is 5.91 Å². The number of amides is 2. The minimum Gasteiger partial charge on any atom is -0.375 e. The molecule has 6 nitrogen and oxygen atoms in total. The van der Waals surface area contributed by atoms with Crippen LogP contribution < -0.4 is 16.4 Å². The van der Waals surface area contributed by atoms with E-state index in [-0.39, 0.29) is 24.1 Å². The number of nitrogens with zero attached hydrogens (tertiary/aromatic N) is 1. The molecule has 0 aliphatic carbocycles. The lowest BCUT2D eigenvalue weighted by Gasteiger charge is -2.04. The molecule has 0 saturated carbocycles. The van der Waals surface area contributed by atoms with Crippen molar-refractivity contribution < 1.29 is 9.59 Å². The van der Waals surface area contributed by atoms with Crippen LogP contribution in [0.2, 0.25) is 0 Å². The van der Waals surface area contributed by atoms with Crippen molar-refractivity contribution in [2.24, 2.45) is 0 Å². The molecule has 0 bridgehead atoms. The predicted molar refractivity (Wildman–Crippen MR) is 62.2 cm³/mol. The van der Waals surface area contributed by atoms with Gasteiger partial charge >= 0.3 is 0 Å². The normalized spacial score (nSPS) is 9.81. The number of rotatable bonds is 5. The molecule has 88 valence electrons. The summed E-state index contributed by atoms with van der Waals surface area (Å²) in [5, 5.41) is 6.99. The van der Waals surface area contributed by atoms with Crippen molar-refractivity contribution in [3.8, 4) is 0 Å². The van der Waals surface area contributed by atoms with Gasteiger partial charge in [0.1, 0.15) is 5.69 Å². The molecule has 1 aromatic rings. The second-order valence-electron chi connectivity index (χ2n) is 3.10. The predicted octanol–water partition coefficient (Wildman–Crippen LogP) is -0.0187. The smallest absolute Gasteiger partial charge is 0.271 e. The van der Waals surface area contributed by atoms with Crippen LogP contribution in [0.3, 0.4) is 0 Å². The summed E-state index contributed by atoms with van der Waals surface area (Å²) in [6.07, 6.45) is 0.863. The van der Waals surface area contributed by atoms with Gasteiger partial charge in [-0.25, -0.2) is 4.98 Å². The van der Waals surface area contributed by atoms with Crippen molar-refractivity contribution in [3.05, 3.63) is 11.1 Å². The summed E-state index contributed by atoms with van der Waals surface area (Å²) in [4.78, 5) is 26.4. The van der Waals surface area contributed by atoms with Crippen molar-refractivity contribution in [2.45, 2.75) is 13.3 Å². The van der Waals surface area contributed by atoms with Crippen molar-refractivity contribution in [1.29, 1.82) is 0 Å². The Balaban J connectivity index is 2.33. The summed E-state index contributed by atoms with van der Waals surface area (Å²) in [5.74, 6) is -0.599. The molecule has 0 unspecified atom stereocenters. The standard InChI is InChI=1S/C9H14N4O2S/c1-2-3-11-7(14)4-12-8(15)6-5-16-9(10)13-6/h5H,2-4H2,1H3,(H2,10,13)(H,11,14)(H,12,15). The highest BCUT2D eigenvalue weighted by atomic mass is 32.1. The van der Waals surface area contributed by atoms with Gasteiger partial charge in [0.15, 0.2) is 5.13 Å². The van der Waals surface area contributed by atoms with Gasteiger partial charge in [0.05, 0.1) is 6.54 Å². The second-order valence-corrected chi connectivity index (χ2v) is 3.99. The maximum absolute atomic E-state index is 11.4. The van der Waals surface area contributed by atoms with E-state index in [1.54, 1.807) is 5.38 Å². The molecular weight excluding hydrogens is 228 g/mol. The van der Waals surface area contributed by atoms with E-state index in [4.69, 9.17) is 5.73 Å². The summed E-state index contributed by atoms with van der Waals surface area (Å²) >= 11 is 1.19. The molecule has 4 N–H and O–H groups in total. The molecule has 0 aliphatic rings. The van der Waals surface area contributed by atoms with E-state index < -0.39 is 0 Å². The zero-order valence-corrected chi connectivity index (χ0v) is 9.76. The third-order valence-electron chi connectivity index (χ3n) is 1.74. The summed E-state index contributed by atoms with van der Waals surface area (Å²) in [6.45, 7) is 2.52. The first-order valence-corrected chi connectivity index (χ1v) is 5.77. The summed E-state index contributed by atoms with van der Waals surface area (Å²) in [5.41, 5.74) is 5.63. The Kier molecular flexibility index (Phi) is 4.71. The van der Waals surface area contributed by atoms with Crippen molar-refractivity contribution in [3.63, 3.8) is 0 Å². The second kappa shape index (κ2) is 6.06. The molecule has 16 heavy (non-hydrogen) atoms. The lowest BCUT2D eigenvalue weighted by molar-refractivity contribution is -0.120. The number of hydrogen-bond acceptors (Lipinski definition) is 5. The first kappa shape index (κ1) is 12.4. The van der Waals surface area contributed by atoms with Gasteiger partial charge in [0, 0.05) is 11.9 Å². The highest BCUT2D eigenvalue weighted by Gasteiger charge is 2.10. The maximum atomic E-state index is 11.4. The third-order valence-corrected chi connectivity index (χ3v) is 2.41. The Morgan fingerprint density at radius 3 is 2.81 bits per heavy atom. The molecule has 0 aromatic carbocycles. The van der Waals surface area contributed by atoms with Gasteiger partial charge in [-0.3, -0.25) is 9.59 Å². The van der Waals surface area contributed by atoms with Crippen LogP contribution in [0, 0.1) is 0 Å². The number of anilines is 1. The lowest BCUT2D eigenvalue weighted by Crippen LogP contribution is -2.37. The molecule has 0 aliphatic heterocycles. The first-order valence-electron chi connectivity index (χ1n) is 4.89. The molecule has 0 saturated heterocycles. The van der Waals surface area contributed by atoms with Gasteiger partial charge < -0.3 is 16.4 Å². The molecular formula is C9H14N4O2S. The van der Waals surface area contributed by atoms with E-state index in [0.29, 0.717) is 11.7 Å². The largest absolute Gasteiger partial charge is 0.375 e. The van der Waals surface area contributed by atoms with E-state index in [9.17, 15) is 9.59 Å². The number of carbonyl (C=O) groups is 2. The third kappa shape index (κ3) is 3.85. The first-order chi connectivity index (χ1) is 7.63. The van der Waals surface area contributed by atoms with Gasteiger partial charge in [-0.05, 0) is 6.42 Å². The van der Waals surface area contributed by atoms with Crippen molar-refractivity contribution in [2.75, 3.05) is 18.8 Å². The molecule has 1 heterocycles. The van der Waals surface area contributed by atoms with E-state index in [1.165, 1.54) is 11.3 Å². The average molecular weight is 242 g/mol. The Hall–Kier alpha value is -1.63. The highest BCUT2D eigenvalue weighted by Crippen LogP contribution is 2.10. The van der Waals surface area contributed by atoms with Gasteiger partial charge in [-0.15, -0.1) is 11.3 Å². The van der Waals surface area contributed by atoms with Crippen molar-refractivity contribution >= 4 is 28.3 Å². The van der Waals surface area contributed by atoms with E-state index in [1.807, 2.05) is 6.92 Å². The highest BCUT2D eigenvalue weighted by molar-refractivity contribution is 7.13. The SMILES string of the molecule is CCCNC(=O)CNC(=O)c1csc(N)n1. The van der Waals surface area contributed by atoms with Crippen LogP contribution in [-0.2, 0) is 4.79 Å². The monoisotopic (exact) mass is 242 g/mol. The average Bonchev–Trinajstić information content (AvgIpc) is 2.69. The Labute approximate surface area is 97.2 Å². The molecule has 1 aromatic heterocycles. The van der Waals surface area contributed by atoms with Gasteiger partial charge in [-0.1, -0.05) is 6.92 Å². The fourth-order valence-corrected chi connectivity index (χ4v) is 1.51. The lowest BCUT2D eigenvalue weighted by atomic mass is 10.4. The van der Waals surface area contributed by atoms with Crippen LogP contribution in [0.4, 0.5) is 5.13 Å². The Morgan fingerprint density at radius 2 is 2.25 bits per heavy atom. The van der Waals surface area contributed by atoms with E-state index in [0.717, 1.165) is 6.42 Å². The number of nitrogens with two attached hydrogens (primary N) is 1. The minimum absolute atomic E-state index is 0.0454. The molecule has 0 radical (unpaired) electrons. The summed E-state index contributed by atoms with van der Waals surface area (Å²) in [6, 6.07) is 0. The summed E-state index contributed by atoms with van der Waals surface area (Å²) < 4.78 is 0. The van der Waals surface area contributed by atoms with Crippen molar-refractivity contribution in [1.82, 2.24) is 15.6 Å². The number of nitrogen functional groups attached to an aromatic ring is 1. The maximum Gasteiger partial charge on any atom is 0.271 e. The number of thiazole rings is 1. The molecule has 0 atom stereocenters. The zero-order chi connectivity index (χ0) is 12.0. The molecule has 2 amide bonds. The minimum atomic E-state index is -0.389. The van der Waals surface area contributed by atoms with Crippen LogP contribution in [-0.4, -0.2) is 29.9 Å². The van der Waals surface area contributed by atoms with Crippen LogP contribution in [0.15, 0.2) is 5.38 Å². The van der Waals surface area contributed by atoms with E-state index in [2.05, 4.69) is 15.6 Å². The Morgan fingerprint density at radius 1 is 1.50 bits per heavy atom. The molecule has 7 heteroatoms. The summed E-state index contributed by atoms with van der Waals surface area (Å²) in [7, 11) is 0. The van der Waals surface area contributed by atoms with Gasteiger partial charge in [0.25, 0.3) is 5.91 Å². The number of hydrogen-bond donors (Lipinski definition) is 3. The number of carbonyl (C=O) groups excluding carboxylic acids is 2. The molecule has 0 spiro atoms. The van der Waals surface area contributed by atoms with Crippen LogP contribution in [0.5, 0.6) is 0 Å². The van der Waals surface area contributed by atoms with Crippen LogP contribution >= 0.6 is 11.3 Å².